The molecule has 2 rings (SSSR count). The average molecular weight is 357 g/mol. The molecule has 0 aliphatic heterocycles. The van der Waals surface area contributed by atoms with E-state index in [9.17, 15) is 4.79 Å². The maximum atomic E-state index is 10.9. The van der Waals surface area contributed by atoms with Crippen LogP contribution in [0, 0.1) is 0 Å². The van der Waals surface area contributed by atoms with Crippen molar-refractivity contribution in [3.05, 3.63) is 66.1 Å². The molecule has 4 nitrogen and oxygen atoms in total. The van der Waals surface area contributed by atoms with E-state index in [2.05, 4.69) is 38.4 Å². The van der Waals surface area contributed by atoms with Crippen molar-refractivity contribution in [1.29, 1.82) is 0 Å². The first kappa shape index (κ1) is 23.4. The highest BCUT2D eigenvalue weighted by molar-refractivity contribution is 5.88. The van der Waals surface area contributed by atoms with E-state index in [-0.39, 0.29) is 11.5 Å². The van der Waals surface area contributed by atoms with Crippen molar-refractivity contribution in [1.82, 2.24) is 4.98 Å². The lowest BCUT2D eigenvalue weighted by Crippen LogP contribution is -1.95. The Morgan fingerprint density at radius 3 is 2.46 bits per heavy atom. The third kappa shape index (κ3) is 7.97. The van der Waals surface area contributed by atoms with Gasteiger partial charge in [0.15, 0.2) is 0 Å². The molecular formula is C22H31NO3. The average Bonchev–Trinajstić information content (AvgIpc) is 3.13. The minimum absolute atomic E-state index is 0.102. The summed E-state index contributed by atoms with van der Waals surface area (Å²) in [6, 6.07) is 6.50. The molecule has 1 heterocycles. The first-order valence-electron chi connectivity index (χ1n) is 8.94. The maximum Gasteiger partial charge on any atom is 0.335 e. The zero-order valence-corrected chi connectivity index (χ0v) is 16.7. The van der Waals surface area contributed by atoms with Crippen LogP contribution < -0.4 is 0 Å². The van der Waals surface area contributed by atoms with Crippen LogP contribution in [0.2, 0.25) is 0 Å². The molecule has 0 aliphatic carbocycles. The van der Waals surface area contributed by atoms with E-state index in [4.69, 9.17) is 9.52 Å². The molecule has 1 N–H and O–H groups in total. The molecular weight excluding hydrogens is 326 g/mol. The Morgan fingerprint density at radius 2 is 2.00 bits per heavy atom. The summed E-state index contributed by atoms with van der Waals surface area (Å²) < 4.78 is 5.36. The van der Waals surface area contributed by atoms with Crippen LogP contribution in [0.25, 0.3) is 11.5 Å². The molecule has 1 aromatic carbocycles. The zero-order chi connectivity index (χ0) is 20.1. The molecule has 0 bridgehead atoms. The molecule has 0 radical (unpaired) electrons. The summed E-state index contributed by atoms with van der Waals surface area (Å²) in [6.07, 6.45) is 6.72. The molecule has 1 unspecified atom stereocenters. The summed E-state index contributed by atoms with van der Waals surface area (Å²) >= 11 is 0. The number of allylic oxidation sites excluding steroid dienone is 3. The first-order valence-corrected chi connectivity index (χ1v) is 8.94. The van der Waals surface area contributed by atoms with E-state index < -0.39 is 5.97 Å². The van der Waals surface area contributed by atoms with Crippen molar-refractivity contribution in [2.45, 2.75) is 53.9 Å². The van der Waals surface area contributed by atoms with Crippen LogP contribution in [0.1, 0.15) is 69.9 Å². The number of carboxylic acids is 1. The standard InChI is InChI=1S/C14H13NO3.C6H12.C2H6/c1-3-9(2)12-8-18-13(15-12)10-5-4-6-11(7-10)14(16)17;1-4-5-6(2)3;1-2/h3-9H,1H2,2H3,(H,16,17);5H,4H2,1-3H3;1-2H3. The van der Waals surface area contributed by atoms with Crippen LogP contribution in [-0.2, 0) is 0 Å². The molecule has 1 aromatic heterocycles. The Bertz CT molecular complexity index is 710. The molecule has 2 aromatic rings. The Morgan fingerprint density at radius 1 is 1.35 bits per heavy atom. The minimum Gasteiger partial charge on any atom is -0.478 e. The Hall–Kier alpha value is -2.62. The second-order valence-electron chi connectivity index (χ2n) is 5.68. The van der Waals surface area contributed by atoms with Crippen molar-refractivity contribution in [3.63, 3.8) is 0 Å². The predicted molar refractivity (Wildman–Crippen MR) is 109 cm³/mol. The van der Waals surface area contributed by atoms with Crippen molar-refractivity contribution in [3.8, 4) is 11.5 Å². The van der Waals surface area contributed by atoms with Gasteiger partial charge in [-0.15, -0.1) is 6.58 Å². The highest BCUT2D eigenvalue weighted by Crippen LogP contribution is 2.23. The molecule has 0 fully saturated rings. The molecule has 0 spiro atoms. The fourth-order valence-corrected chi connectivity index (χ4v) is 1.94. The second kappa shape index (κ2) is 12.7. The molecule has 0 amide bonds. The number of hydrogen-bond donors (Lipinski definition) is 1. The summed E-state index contributed by atoms with van der Waals surface area (Å²) in [5, 5.41) is 8.92. The number of hydrogen-bond acceptors (Lipinski definition) is 3. The zero-order valence-electron chi connectivity index (χ0n) is 16.7. The molecule has 142 valence electrons. The quantitative estimate of drug-likeness (QED) is 0.603. The normalized spacial score (nSPS) is 10.4. The summed E-state index contributed by atoms with van der Waals surface area (Å²) in [5.74, 6) is -0.449. The Labute approximate surface area is 157 Å². The molecule has 0 saturated heterocycles. The van der Waals surface area contributed by atoms with Gasteiger partial charge in [0, 0.05) is 11.5 Å². The SMILES string of the molecule is C=CC(C)c1coc(-c2cccc(C(=O)O)c2)n1.CC.CCC=C(C)C. The second-order valence-corrected chi connectivity index (χ2v) is 5.68. The molecule has 0 aliphatic rings. The maximum absolute atomic E-state index is 10.9. The lowest BCUT2D eigenvalue weighted by Gasteiger charge is -1.99. The van der Waals surface area contributed by atoms with E-state index in [1.807, 2.05) is 20.8 Å². The number of benzene rings is 1. The minimum atomic E-state index is -0.969. The first-order chi connectivity index (χ1) is 12.4. The lowest BCUT2D eigenvalue weighted by molar-refractivity contribution is 0.0697. The fourth-order valence-electron chi connectivity index (χ4n) is 1.94. The largest absolute Gasteiger partial charge is 0.478 e. The number of aromatic nitrogens is 1. The van der Waals surface area contributed by atoms with E-state index in [1.54, 1.807) is 24.5 Å². The number of rotatable bonds is 5. The Kier molecular flexibility index (Phi) is 11.4. The van der Waals surface area contributed by atoms with Crippen LogP contribution in [-0.4, -0.2) is 16.1 Å². The van der Waals surface area contributed by atoms with Gasteiger partial charge in [-0.2, -0.15) is 0 Å². The van der Waals surface area contributed by atoms with Crippen LogP contribution >= 0.6 is 0 Å². The van der Waals surface area contributed by atoms with E-state index in [0.29, 0.717) is 11.5 Å². The Balaban J connectivity index is 0.000000667. The van der Waals surface area contributed by atoms with Crippen molar-refractivity contribution < 1.29 is 14.3 Å². The molecule has 1 atom stereocenters. The van der Waals surface area contributed by atoms with Gasteiger partial charge >= 0.3 is 5.97 Å². The smallest absolute Gasteiger partial charge is 0.335 e. The van der Waals surface area contributed by atoms with Gasteiger partial charge in [0.05, 0.1) is 11.3 Å². The summed E-state index contributed by atoms with van der Waals surface area (Å²) in [5.41, 5.74) is 3.06. The lowest BCUT2D eigenvalue weighted by atomic mass is 10.1. The van der Waals surface area contributed by atoms with Gasteiger partial charge in [-0.3, -0.25) is 0 Å². The van der Waals surface area contributed by atoms with Gasteiger partial charge in [0.2, 0.25) is 5.89 Å². The predicted octanol–water partition coefficient (Wildman–Crippen LogP) is 6.72. The van der Waals surface area contributed by atoms with Crippen molar-refractivity contribution in [2.24, 2.45) is 0 Å². The summed E-state index contributed by atoms with van der Waals surface area (Å²) in [6.45, 7) is 16.0. The summed E-state index contributed by atoms with van der Waals surface area (Å²) in [4.78, 5) is 15.2. The van der Waals surface area contributed by atoms with Crippen LogP contribution in [0.4, 0.5) is 0 Å². The highest BCUT2D eigenvalue weighted by atomic mass is 16.4. The summed E-state index contributed by atoms with van der Waals surface area (Å²) in [7, 11) is 0. The number of oxazole rings is 1. The van der Waals surface area contributed by atoms with Gasteiger partial charge in [-0.05, 0) is 38.5 Å². The third-order valence-electron chi connectivity index (χ3n) is 3.31. The van der Waals surface area contributed by atoms with Crippen molar-refractivity contribution in [2.75, 3.05) is 0 Å². The highest BCUT2D eigenvalue weighted by Gasteiger charge is 2.12. The van der Waals surface area contributed by atoms with Crippen LogP contribution in [0.15, 0.2) is 59.2 Å². The molecule has 26 heavy (non-hydrogen) atoms. The van der Waals surface area contributed by atoms with Crippen LogP contribution in [0.5, 0.6) is 0 Å². The number of carboxylic acid groups (broad SMARTS) is 1. The van der Waals surface area contributed by atoms with Gasteiger partial charge in [0.25, 0.3) is 0 Å². The van der Waals surface area contributed by atoms with Gasteiger partial charge in [-0.25, -0.2) is 9.78 Å². The number of carbonyl (C=O) groups is 1. The fraction of sp³-hybridized carbons (Fsp3) is 0.364. The van der Waals surface area contributed by atoms with E-state index in [1.165, 1.54) is 24.1 Å². The van der Waals surface area contributed by atoms with Gasteiger partial charge in [0.1, 0.15) is 6.26 Å². The topological polar surface area (TPSA) is 63.3 Å². The number of aromatic carboxylic acids is 1. The van der Waals surface area contributed by atoms with E-state index >= 15 is 0 Å². The van der Waals surface area contributed by atoms with Gasteiger partial charge < -0.3 is 9.52 Å². The van der Waals surface area contributed by atoms with Crippen molar-refractivity contribution >= 4 is 5.97 Å². The number of nitrogens with zero attached hydrogens (tertiary/aromatic N) is 1. The van der Waals surface area contributed by atoms with Crippen LogP contribution in [0.3, 0.4) is 0 Å². The monoisotopic (exact) mass is 357 g/mol. The van der Waals surface area contributed by atoms with E-state index in [0.717, 1.165) is 5.69 Å². The van der Waals surface area contributed by atoms with Gasteiger partial charge in [-0.1, -0.05) is 51.5 Å². The molecule has 4 heteroatoms. The third-order valence-corrected chi connectivity index (χ3v) is 3.31. The molecule has 0 saturated carbocycles.